The quantitative estimate of drug-likeness (QED) is 0.882. The van der Waals surface area contributed by atoms with E-state index in [1.807, 2.05) is 6.07 Å². The van der Waals surface area contributed by atoms with Crippen LogP contribution in [0.2, 0.25) is 0 Å². The fourth-order valence-electron chi connectivity index (χ4n) is 2.30. The number of ether oxygens (including phenoxy) is 1. The Kier molecular flexibility index (Phi) is 4.59. The van der Waals surface area contributed by atoms with E-state index in [1.54, 1.807) is 55.6 Å². The summed E-state index contributed by atoms with van der Waals surface area (Å²) < 4.78 is 5.11. The molecule has 0 heterocycles. The Morgan fingerprint density at radius 3 is 2.00 bits per heavy atom. The first kappa shape index (κ1) is 15.0. The van der Waals surface area contributed by atoms with E-state index in [-0.39, 0.29) is 13.0 Å². The van der Waals surface area contributed by atoms with Gasteiger partial charge in [-0.1, -0.05) is 24.3 Å². The molecule has 4 heteroatoms. The van der Waals surface area contributed by atoms with E-state index in [2.05, 4.69) is 0 Å². The molecule has 108 valence electrons. The van der Waals surface area contributed by atoms with Gasteiger partial charge in [-0.3, -0.25) is 0 Å². The van der Waals surface area contributed by atoms with Gasteiger partial charge >= 0.3 is 0 Å². The summed E-state index contributed by atoms with van der Waals surface area (Å²) in [6, 6.07) is 15.8. The van der Waals surface area contributed by atoms with Crippen LogP contribution in [0.1, 0.15) is 23.1 Å². The fourth-order valence-corrected chi connectivity index (χ4v) is 2.30. The van der Waals surface area contributed by atoms with Crippen molar-refractivity contribution < 1.29 is 14.9 Å². The van der Waals surface area contributed by atoms with Crippen LogP contribution in [-0.4, -0.2) is 23.9 Å². The first-order valence-electron chi connectivity index (χ1n) is 6.62. The summed E-state index contributed by atoms with van der Waals surface area (Å²) >= 11 is 0. The Bertz CT molecular complexity index is 629. The van der Waals surface area contributed by atoms with Crippen molar-refractivity contribution >= 4 is 0 Å². The monoisotopic (exact) mass is 283 g/mol. The van der Waals surface area contributed by atoms with Crippen molar-refractivity contribution in [3.8, 4) is 11.8 Å². The highest BCUT2D eigenvalue weighted by Gasteiger charge is 2.31. The number of rotatable bonds is 5. The number of hydrogen-bond acceptors (Lipinski definition) is 4. The molecule has 21 heavy (non-hydrogen) atoms. The molecule has 0 aliphatic rings. The van der Waals surface area contributed by atoms with Gasteiger partial charge in [0.1, 0.15) is 11.4 Å². The van der Waals surface area contributed by atoms with Crippen molar-refractivity contribution in [3.05, 3.63) is 65.2 Å². The predicted molar refractivity (Wildman–Crippen MR) is 78.9 cm³/mol. The second-order valence-corrected chi connectivity index (χ2v) is 4.75. The fraction of sp³-hybridized carbons (Fsp3) is 0.235. The zero-order valence-corrected chi connectivity index (χ0v) is 11.8. The van der Waals surface area contributed by atoms with Crippen LogP contribution in [0, 0.1) is 11.3 Å². The normalized spacial score (nSPS) is 13.2. The maximum Gasteiger partial charge on any atom is 0.118 e. The van der Waals surface area contributed by atoms with Crippen LogP contribution in [0.25, 0.3) is 0 Å². The zero-order chi connectivity index (χ0) is 15.3. The molecule has 4 nitrogen and oxygen atoms in total. The molecule has 1 atom stereocenters. The summed E-state index contributed by atoms with van der Waals surface area (Å²) in [5.41, 5.74) is 0.539. The lowest BCUT2D eigenvalue weighted by molar-refractivity contribution is 0.0509. The summed E-state index contributed by atoms with van der Waals surface area (Å²) in [5.74, 6) is 0.699. The molecule has 0 fully saturated rings. The molecule has 0 aliphatic heterocycles. The van der Waals surface area contributed by atoms with E-state index in [9.17, 15) is 10.2 Å². The Balaban J connectivity index is 2.44. The highest BCUT2D eigenvalue weighted by atomic mass is 16.5. The molecule has 2 aromatic carbocycles. The third kappa shape index (κ3) is 3.05. The molecule has 0 radical (unpaired) electrons. The van der Waals surface area contributed by atoms with Crippen molar-refractivity contribution in [1.29, 1.82) is 5.26 Å². The largest absolute Gasteiger partial charge is 0.497 e. The van der Waals surface area contributed by atoms with Crippen LogP contribution in [0.3, 0.4) is 0 Å². The van der Waals surface area contributed by atoms with Gasteiger partial charge in [-0.2, -0.15) is 5.26 Å². The van der Waals surface area contributed by atoms with E-state index >= 15 is 0 Å². The van der Waals surface area contributed by atoms with Gasteiger partial charge in [-0.15, -0.1) is 0 Å². The average Bonchev–Trinajstić information content (AvgIpc) is 2.55. The SMILES string of the molecule is COc1ccc(C(O)(CCO)c2ccc(C#N)cc2)cc1. The minimum absolute atomic E-state index is 0.150. The first-order chi connectivity index (χ1) is 10.1. The van der Waals surface area contributed by atoms with Crippen LogP contribution < -0.4 is 4.74 Å². The van der Waals surface area contributed by atoms with Gasteiger partial charge in [0.15, 0.2) is 0 Å². The van der Waals surface area contributed by atoms with E-state index in [0.717, 1.165) is 0 Å². The van der Waals surface area contributed by atoms with E-state index in [0.29, 0.717) is 22.4 Å². The topological polar surface area (TPSA) is 73.5 Å². The number of nitrogens with zero attached hydrogens (tertiary/aromatic N) is 1. The van der Waals surface area contributed by atoms with Gasteiger partial charge in [0, 0.05) is 13.0 Å². The molecular weight excluding hydrogens is 266 g/mol. The summed E-state index contributed by atoms with van der Waals surface area (Å²) in [5, 5.41) is 29.1. The highest BCUT2D eigenvalue weighted by Crippen LogP contribution is 2.33. The first-order valence-corrected chi connectivity index (χ1v) is 6.62. The lowest BCUT2D eigenvalue weighted by atomic mass is 9.83. The van der Waals surface area contributed by atoms with Crippen molar-refractivity contribution in [1.82, 2.24) is 0 Å². The Hall–Kier alpha value is -2.35. The van der Waals surface area contributed by atoms with Gasteiger partial charge in [-0.25, -0.2) is 0 Å². The number of aliphatic hydroxyl groups is 2. The van der Waals surface area contributed by atoms with Crippen LogP contribution in [0.15, 0.2) is 48.5 Å². The van der Waals surface area contributed by atoms with Crippen molar-refractivity contribution in [2.75, 3.05) is 13.7 Å². The van der Waals surface area contributed by atoms with Gasteiger partial charge in [-0.05, 0) is 35.4 Å². The summed E-state index contributed by atoms with van der Waals surface area (Å²) in [7, 11) is 1.58. The molecule has 0 aliphatic carbocycles. The third-order valence-corrected chi connectivity index (χ3v) is 3.53. The number of methoxy groups -OCH3 is 1. The second-order valence-electron chi connectivity index (χ2n) is 4.75. The van der Waals surface area contributed by atoms with Crippen LogP contribution in [0.5, 0.6) is 5.75 Å². The zero-order valence-electron chi connectivity index (χ0n) is 11.8. The molecule has 2 N–H and O–H groups in total. The molecule has 0 amide bonds. The highest BCUT2D eigenvalue weighted by molar-refractivity contribution is 5.41. The van der Waals surface area contributed by atoms with Crippen molar-refractivity contribution in [3.63, 3.8) is 0 Å². The number of aliphatic hydroxyl groups excluding tert-OH is 1. The molecule has 2 aromatic rings. The number of nitriles is 1. The smallest absolute Gasteiger partial charge is 0.118 e. The van der Waals surface area contributed by atoms with E-state index in [1.165, 1.54) is 0 Å². The molecule has 0 spiro atoms. The van der Waals surface area contributed by atoms with Crippen molar-refractivity contribution in [2.45, 2.75) is 12.0 Å². The van der Waals surface area contributed by atoms with Crippen molar-refractivity contribution in [2.24, 2.45) is 0 Å². The minimum atomic E-state index is -1.30. The maximum absolute atomic E-state index is 11.0. The van der Waals surface area contributed by atoms with Gasteiger partial charge < -0.3 is 14.9 Å². The number of hydrogen-bond donors (Lipinski definition) is 2. The van der Waals surface area contributed by atoms with Gasteiger partial charge in [0.05, 0.1) is 18.7 Å². The minimum Gasteiger partial charge on any atom is -0.497 e. The molecule has 1 unspecified atom stereocenters. The van der Waals surface area contributed by atoms with Gasteiger partial charge in [0.2, 0.25) is 0 Å². The third-order valence-electron chi connectivity index (χ3n) is 3.53. The average molecular weight is 283 g/mol. The van der Waals surface area contributed by atoms with Crippen LogP contribution in [0.4, 0.5) is 0 Å². The molecule has 0 saturated heterocycles. The van der Waals surface area contributed by atoms with Crippen LogP contribution in [-0.2, 0) is 5.60 Å². The molecule has 0 aromatic heterocycles. The summed E-state index contributed by atoms with van der Waals surface area (Å²) in [6.45, 7) is -0.150. The molecule has 2 rings (SSSR count). The predicted octanol–water partition coefficient (Wildman–Crippen LogP) is 2.19. The van der Waals surface area contributed by atoms with E-state index < -0.39 is 5.60 Å². The molecular formula is C17H17NO3. The van der Waals surface area contributed by atoms with Crippen LogP contribution >= 0.6 is 0 Å². The van der Waals surface area contributed by atoms with E-state index in [4.69, 9.17) is 10.00 Å². The maximum atomic E-state index is 11.0. The Morgan fingerprint density at radius 1 is 1.05 bits per heavy atom. The summed E-state index contributed by atoms with van der Waals surface area (Å²) in [6.07, 6.45) is 0.172. The Labute approximate surface area is 123 Å². The summed E-state index contributed by atoms with van der Waals surface area (Å²) in [4.78, 5) is 0. The standard InChI is InChI=1S/C17H17NO3/c1-21-16-8-6-15(7-9-16)17(20,10-11-19)14-4-2-13(12-18)3-5-14/h2-9,19-20H,10-11H2,1H3. The number of benzene rings is 2. The second kappa shape index (κ2) is 6.40. The lowest BCUT2D eigenvalue weighted by Crippen LogP contribution is -2.28. The lowest BCUT2D eigenvalue weighted by Gasteiger charge is -2.29. The Morgan fingerprint density at radius 2 is 1.57 bits per heavy atom. The molecule has 0 saturated carbocycles. The molecule has 0 bridgehead atoms. The van der Waals surface area contributed by atoms with Gasteiger partial charge in [0.25, 0.3) is 0 Å².